The van der Waals surface area contributed by atoms with Gasteiger partial charge in [0.15, 0.2) is 11.5 Å². The van der Waals surface area contributed by atoms with Crippen molar-refractivity contribution >= 4 is 11.3 Å². The fourth-order valence-electron chi connectivity index (χ4n) is 2.51. The molecule has 136 valence electrons. The summed E-state index contributed by atoms with van der Waals surface area (Å²) in [5.74, 6) is 2.12. The fourth-order valence-corrected chi connectivity index (χ4v) is 3.12. The van der Waals surface area contributed by atoms with E-state index in [4.69, 9.17) is 14.2 Å². The van der Waals surface area contributed by atoms with Crippen molar-refractivity contribution in [2.45, 2.75) is 19.7 Å². The minimum atomic E-state index is 0.551. The molecule has 0 spiro atoms. The van der Waals surface area contributed by atoms with Crippen molar-refractivity contribution in [3.05, 3.63) is 70.0 Å². The van der Waals surface area contributed by atoms with Gasteiger partial charge in [-0.2, -0.15) is 0 Å². The summed E-state index contributed by atoms with van der Waals surface area (Å²) in [5, 5.41) is 5.46. The first kappa shape index (κ1) is 18.2. The van der Waals surface area contributed by atoms with Gasteiger partial charge in [-0.15, -0.1) is 11.3 Å². The zero-order valence-electron chi connectivity index (χ0n) is 14.9. The second-order valence-corrected chi connectivity index (χ2v) is 6.70. The normalized spacial score (nSPS) is 10.5. The van der Waals surface area contributed by atoms with Crippen LogP contribution in [-0.4, -0.2) is 19.2 Å². The molecule has 0 fully saturated rings. The number of nitrogens with zero attached hydrogens (tertiary/aromatic N) is 1. The highest BCUT2D eigenvalue weighted by Crippen LogP contribution is 2.29. The predicted molar refractivity (Wildman–Crippen MR) is 103 cm³/mol. The van der Waals surface area contributed by atoms with Gasteiger partial charge in [-0.05, 0) is 40.8 Å². The Morgan fingerprint density at radius 3 is 2.54 bits per heavy atom. The molecule has 3 rings (SSSR count). The van der Waals surface area contributed by atoms with E-state index < -0.39 is 0 Å². The lowest BCUT2D eigenvalue weighted by atomic mass is 10.2. The summed E-state index contributed by atoms with van der Waals surface area (Å²) in [5.41, 5.74) is 2.26. The molecule has 1 aromatic carbocycles. The largest absolute Gasteiger partial charge is 0.493 e. The maximum absolute atomic E-state index is 5.87. The summed E-state index contributed by atoms with van der Waals surface area (Å²) in [6.45, 7) is 2.01. The van der Waals surface area contributed by atoms with Crippen molar-refractivity contribution in [1.29, 1.82) is 0 Å². The van der Waals surface area contributed by atoms with Crippen LogP contribution in [0.2, 0.25) is 0 Å². The molecule has 6 heteroatoms. The Labute approximate surface area is 157 Å². The molecular formula is C20H22N2O3S. The molecule has 2 heterocycles. The molecule has 0 amide bonds. The maximum atomic E-state index is 5.87. The number of methoxy groups -OCH3 is 2. The quantitative estimate of drug-likeness (QED) is 0.616. The predicted octanol–water partition coefficient (Wildman–Crippen LogP) is 4.03. The molecule has 5 nitrogen and oxygen atoms in total. The standard InChI is InChI=1S/C20H22N2O3S/c1-23-19-10-15(5-6-18(19)25-14-17-4-3-9-26-17)12-21-13-16-7-8-22-20(11-16)24-2/h3-11,21H,12-14H2,1-2H3. The van der Waals surface area contributed by atoms with Crippen LogP contribution < -0.4 is 19.5 Å². The molecule has 0 radical (unpaired) electrons. The lowest BCUT2D eigenvalue weighted by Gasteiger charge is -2.12. The van der Waals surface area contributed by atoms with Crippen LogP contribution in [0.1, 0.15) is 16.0 Å². The van der Waals surface area contributed by atoms with Crippen molar-refractivity contribution in [2.24, 2.45) is 0 Å². The molecule has 0 unspecified atom stereocenters. The summed E-state index contributed by atoms with van der Waals surface area (Å²) >= 11 is 1.68. The van der Waals surface area contributed by atoms with Crippen molar-refractivity contribution < 1.29 is 14.2 Å². The Balaban J connectivity index is 1.56. The molecule has 3 aromatic rings. The molecule has 0 atom stereocenters. The van der Waals surface area contributed by atoms with Gasteiger partial charge in [0.25, 0.3) is 0 Å². The molecule has 0 aliphatic carbocycles. The number of hydrogen-bond acceptors (Lipinski definition) is 6. The van der Waals surface area contributed by atoms with Crippen LogP contribution in [0.4, 0.5) is 0 Å². The molecule has 1 N–H and O–H groups in total. The molecular weight excluding hydrogens is 348 g/mol. The third-order valence-corrected chi connectivity index (χ3v) is 4.69. The summed E-state index contributed by atoms with van der Waals surface area (Å²) in [6, 6.07) is 14.0. The number of hydrogen-bond donors (Lipinski definition) is 1. The van der Waals surface area contributed by atoms with Crippen LogP contribution in [0.3, 0.4) is 0 Å². The minimum Gasteiger partial charge on any atom is -0.493 e. The third kappa shape index (κ3) is 4.97. The van der Waals surface area contributed by atoms with E-state index in [2.05, 4.69) is 16.4 Å². The summed E-state index contributed by atoms with van der Waals surface area (Å²) in [7, 11) is 3.28. The van der Waals surface area contributed by atoms with Gasteiger partial charge in [0.05, 0.1) is 14.2 Å². The van der Waals surface area contributed by atoms with Gasteiger partial charge < -0.3 is 19.5 Å². The van der Waals surface area contributed by atoms with Crippen LogP contribution >= 0.6 is 11.3 Å². The van der Waals surface area contributed by atoms with E-state index in [-0.39, 0.29) is 0 Å². The zero-order valence-corrected chi connectivity index (χ0v) is 15.7. The number of benzene rings is 1. The van der Waals surface area contributed by atoms with E-state index in [1.807, 2.05) is 41.8 Å². The summed E-state index contributed by atoms with van der Waals surface area (Å²) in [6.07, 6.45) is 1.75. The van der Waals surface area contributed by atoms with Crippen LogP contribution in [0.5, 0.6) is 17.4 Å². The van der Waals surface area contributed by atoms with Gasteiger partial charge in [0.2, 0.25) is 5.88 Å². The molecule has 0 aliphatic rings. The van der Waals surface area contributed by atoms with Gasteiger partial charge in [-0.1, -0.05) is 12.1 Å². The van der Waals surface area contributed by atoms with E-state index in [1.54, 1.807) is 31.8 Å². The maximum Gasteiger partial charge on any atom is 0.213 e. The van der Waals surface area contributed by atoms with E-state index in [9.17, 15) is 0 Å². The monoisotopic (exact) mass is 370 g/mol. The first-order chi connectivity index (χ1) is 12.8. The van der Waals surface area contributed by atoms with Crippen LogP contribution in [0.25, 0.3) is 0 Å². The number of pyridine rings is 1. The Morgan fingerprint density at radius 1 is 0.962 bits per heavy atom. The number of thiophene rings is 1. The Hall–Kier alpha value is -2.57. The van der Waals surface area contributed by atoms with E-state index >= 15 is 0 Å². The summed E-state index contributed by atoms with van der Waals surface area (Å²) in [4.78, 5) is 5.30. The lowest BCUT2D eigenvalue weighted by molar-refractivity contribution is 0.287. The number of ether oxygens (including phenoxy) is 3. The Bertz CT molecular complexity index is 822. The van der Waals surface area contributed by atoms with Gasteiger partial charge in [-0.25, -0.2) is 4.98 Å². The molecule has 0 bridgehead atoms. The molecule has 2 aromatic heterocycles. The topological polar surface area (TPSA) is 52.6 Å². The van der Waals surface area contributed by atoms with Crippen molar-refractivity contribution in [3.63, 3.8) is 0 Å². The van der Waals surface area contributed by atoms with E-state index in [0.717, 1.165) is 35.7 Å². The van der Waals surface area contributed by atoms with E-state index in [1.165, 1.54) is 4.88 Å². The second-order valence-electron chi connectivity index (χ2n) is 5.66. The lowest BCUT2D eigenvalue weighted by Crippen LogP contribution is -2.13. The van der Waals surface area contributed by atoms with Crippen molar-refractivity contribution in [1.82, 2.24) is 10.3 Å². The van der Waals surface area contributed by atoms with Crippen molar-refractivity contribution in [3.8, 4) is 17.4 Å². The highest BCUT2D eigenvalue weighted by Gasteiger charge is 2.07. The fraction of sp³-hybridized carbons (Fsp3) is 0.250. The number of nitrogens with one attached hydrogen (secondary N) is 1. The zero-order chi connectivity index (χ0) is 18.2. The molecule has 0 saturated heterocycles. The Morgan fingerprint density at radius 2 is 1.81 bits per heavy atom. The molecule has 26 heavy (non-hydrogen) atoms. The SMILES string of the molecule is COc1cc(CNCc2ccc(OCc3cccs3)c(OC)c2)ccn1. The first-order valence-electron chi connectivity index (χ1n) is 8.30. The van der Waals surface area contributed by atoms with Crippen LogP contribution in [0.15, 0.2) is 54.0 Å². The third-order valence-electron chi connectivity index (χ3n) is 3.84. The van der Waals surface area contributed by atoms with Gasteiger partial charge >= 0.3 is 0 Å². The average Bonchev–Trinajstić information content (AvgIpc) is 3.20. The average molecular weight is 370 g/mol. The summed E-state index contributed by atoms with van der Waals surface area (Å²) < 4.78 is 16.5. The molecule has 0 saturated carbocycles. The molecule has 0 aliphatic heterocycles. The minimum absolute atomic E-state index is 0.551. The first-order valence-corrected chi connectivity index (χ1v) is 9.18. The van der Waals surface area contributed by atoms with E-state index in [0.29, 0.717) is 12.5 Å². The highest BCUT2D eigenvalue weighted by atomic mass is 32.1. The van der Waals surface area contributed by atoms with Crippen molar-refractivity contribution in [2.75, 3.05) is 14.2 Å². The van der Waals surface area contributed by atoms with Crippen LogP contribution in [0, 0.1) is 0 Å². The number of aromatic nitrogens is 1. The van der Waals surface area contributed by atoms with Crippen LogP contribution in [-0.2, 0) is 19.7 Å². The van der Waals surface area contributed by atoms with Gasteiger partial charge in [-0.3, -0.25) is 0 Å². The number of rotatable bonds is 9. The van der Waals surface area contributed by atoms with Gasteiger partial charge in [0.1, 0.15) is 6.61 Å². The second kappa shape index (κ2) is 9.22. The Kier molecular flexibility index (Phi) is 6.46. The smallest absolute Gasteiger partial charge is 0.213 e. The highest BCUT2D eigenvalue weighted by molar-refractivity contribution is 7.09. The van der Waals surface area contributed by atoms with Gasteiger partial charge in [0, 0.05) is 30.2 Å².